The average Bonchev–Trinajstić information content (AvgIpc) is 3.16. The van der Waals surface area contributed by atoms with Gasteiger partial charge >= 0.3 is 0 Å². The van der Waals surface area contributed by atoms with Crippen LogP contribution in [0.15, 0.2) is 53.9 Å². The van der Waals surface area contributed by atoms with Crippen LogP contribution in [0.25, 0.3) is 10.9 Å². The molecule has 6 nitrogen and oxygen atoms in total. The molecule has 0 saturated heterocycles. The topological polar surface area (TPSA) is 74.4 Å². The van der Waals surface area contributed by atoms with Gasteiger partial charge in [0.2, 0.25) is 0 Å². The van der Waals surface area contributed by atoms with Crippen LogP contribution in [0.4, 0.5) is 0 Å². The molecule has 1 aliphatic carbocycles. The van der Waals surface area contributed by atoms with E-state index in [2.05, 4.69) is 10.3 Å². The average molecular weight is 337 g/mol. The Bertz CT molecular complexity index is 877. The van der Waals surface area contributed by atoms with Gasteiger partial charge in [-0.05, 0) is 24.3 Å². The molecule has 2 aliphatic rings. The molecule has 2 heterocycles. The van der Waals surface area contributed by atoms with Crippen LogP contribution in [0.3, 0.4) is 0 Å². The maximum Gasteiger partial charge on any atom is 0.267 e. The monoisotopic (exact) mass is 337 g/mol. The minimum Gasteiger partial charge on any atom is -0.472 e. The molecule has 2 aromatic rings. The molecule has 0 saturated carbocycles. The zero-order valence-corrected chi connectivity index (χ0v) is 13.9. The van der Waals surface area contributed by atoms with Crippen LogP contribution in [-0.2, 0) is 9.53 Å². The summed E-state index contributed by atoms with van der Waals surface area (Å²) in [6.07, 6.45) is 4.16. The number of ether oxygens (including phenoxy) is 1. The second-order valence-electron chi connectivity index (χ2n) is 6.28. The van der Waals surface area contributed by atoms with E-state index >= 15 is 0 Å². The van der Waals surface area contributed by atoms with Gasteiger partial charge in [0.15, 0.2) is 12.0 Å². The molecule has 1 unspecified atom stereocenters. The lowest BCUT2D eigenvalue weighted by Gasteiger charge is -2.22. The standard InChI is InChI=1S/C19H19N3O3/c1-22-16-7-6-13(23)11-17(16)25-18(22)8-9-20-19(24)15-10-12-4-2-3-5-14(12)21-15/h2-7,10,18,21H,8-9,11H2,1H3,(H,20,24). The van der Waals surface area contributed by atoms with Crippen molar-refractivity contribution >= 4 is 22.6 Å². The lowest BCUT2D eigenvalue weighted by atomic mass is 10.1. The Morgan fingerprint density at radius 2 is 2.20 bits per heavy atom. The number of hydrogen-bond acceptors (Lipinski definition) is 4. The van der Waals surface area contributed by atoms with Crippen LogP contribution >= 0.6 is 0 Å². The molecule has 1 aliphatic heterocycles. The lowest BCUT2D eigenvalue weighted by Crippen LogP contribution is -2.33. The van der Waals surface area contributed by atoms with Gasteiger partial charge in [0.25, 0.3) is 5.91 Å². The number of rotatable bonds is 4. The highest BCUT2D eigenvalue weighted by molar-refractivity contribution is 5.98. The second-order valence-corrected chi connectivity index (χ2v) is 6.28. The van der Waals surface area contributed by atoms with Crippen LogP contribution in [0.5, 0.6) is 0 Å². The molecule has 1 amide bonds. The van der Waals surface area contributed by atoms with Gasteiger partial charge in [-0.1, -0.05) is 18.2 Å². The van der Waals surface area contributed by atoms with E-state index in [1.54, 1.807) is 12.2 Å². The van der Waals surface area contributed by atoms with Gasteiger partial charge in [0, 0.05) is 30.9 Å². The normalized spacial score (nSPS) is 19.3. The zero-order valence-electron chi connectivity index (χ0n) is 13.9. The summed E-state index contributed by atoms with van der Waals surface area (Å²) in [6.45, 7) is 0.488. The number of nitrogens with one attached hydrogen (secondary N) is 2. The number of carbonyl (C=O) groups is 2. The second kappa shape index (κ2) is 6.12. The lowest BCUT2D eigenvalue weighted by molar-refractivity contribution is -0.114. The highest BCUT2D eigenvalue weighted by Gasteiger charge is 2.31. The van der Waals surface area contributed by atoms with E-state index in [1.165, 1.54) is 0 Å². The third-order valence-corrected chi connectivity index (χ3v) is 4.59. The van der Waals surface area contributed by atoms with Gasteiger partial charge in [0.05, 0.1) is 12.1 Å². The van der Waals surface area contributed by atoms with Gasteiger partial charge < -0.3 is 19.9 Å². The van der Waals surface area contributed by atoms with Gasteiger partial charge in [-0.2, -0.15) is 0 Å². The first-order chi connectivity index (χ1) is 12.1. The molecule has 0 bridgehead atoms. The molecule has 25 heavy (non-hydrogen) atoms. The van der Waals surface area contributed by atoms with Crippen molar-refractivity contribution in [3.63, 3.8) is 0 Å². The predicted molar refractivity (Wildman–Crippen MR) is 93.7 cm³/mol. The quantitative estimate of drug-likeness (QED) is 0.898. The van der Waals surface area contributed by atoms with Crippen molar-refractivity contribution in [3.8, 4) is 0 Å². The number of benzene rings is 1. The number of carbonyl (C=O) groups excluding carboxylic acids is 2. The summed E-state index contributed by atoms with van der Waals surface area (Å²) in [4.78, 5) is 28.9. The zero-order chi connectivity index (χ0) is 17.4. The largest absolute Gasteiger partial charge is 0.472 e. The number of allylic oxidation sites excluding steroid dienone is 3. The molecular formula is C19H19N3O3. The molecule has 128 valence electrons. The van der Waals surface area contributed by atoms with Crippen LogP contribution in [-0.4, -0.2) is 41.4 Å². The predicted octanol–water partition coefficient (Wildman–Crippen LogP) is 2.32. The fourth-order valence-electron chi connectivity index (χ4n) is 3.24. The third-order valence-electron chi connectivity index (χ3n) is 4.59. The molecule has 1 aromatic heterocycles. The molecule has 0 fully saturated rings. The van der Waals surface area contributed by atoms with Crippen molar-refractivity contribution in [2.45, 2.75) is 19.1 Å². The smallest absolute Gasteiger partial charge is 0.267 e. The molecule has 2 N–H and O–H groups in total. The minimum absolute atomic E-state index is 0.0555. The molecule has 0 spiro atoms. The summed E-state index contributed by atoms with van der Waals surface area (Å²) in [6, 6.07) is 9.63. The van der Waals surface area contributed by atoms with E-state index in [1.807, 2.05) is 42.3 Å². The van der Waals surface area contributed by atoms with Crippen molar-refractivity contribution < 1.29 is 14.3 Å². The number of hydrogen-bond donors (Lipinski definition) is 2. The number of ketones is 1. The number of aromatic amines is 1. The number of aromatic nitrogens is 1. The first-order valence-corrected chi connectivity index (χ1v) is 8.31. The number of H-pyrrole nitrogens is 1. The fourth-order valence-corrected chi connectivity index (χ4v) is 3.24. The van der Waals surface area contributed by atoms with Gasteiger partial charge in [-0.25, -0.2) is 0 Å². The summed E-state index contributed by atoms with van der Waals surface area (Å²) < 4.78 is 5.86. The van der Waals surface area contributed by atoms with Crippen LogP contribution in [0.1, 0.15) is 23.3 Å². The number of nitrogens with zero attached hydrogens (tertiary/aromatic N) is 1. The highest BCUT2D eigenvalue weighted by atomic mass is 16.5. The first-order valence-electron chi connectivity index (χ1n) is 8.31. The third kappa shape index (κ3) is 2.91. The minimum atomic E-state index is -0.163. The Labute approximate surface area is 145 Å². The van der Waals surface area contributed by atoms with Crippen molar-refractivity contribution in [1.82, 2.24) is 15.2 Å². The van der Waals surface area contributed by atoms with E-state index < -0.39 is 0 Å². The number of para-hydroxylation sites is 1. The molecule has 1 atom stereocenters. The summed E-state index contributed by atoms with van der Waals surface area (Å²) in [5.41, 5.74) is 2.44. The Hall–Kier alpha value is -3.02. The van der Waals surface area contributed by atoms with E-state index in [0.29, 0.717) is 25.1 Å². The first kappa shape index (κ1) is 15.5. The maximum absolute atomic E-state index is 12.3. The van der Waals surface area contributed by atoms with Gasteiger partial charge in [-0.15, -0.1) is 0 Å². The molecule has 0 radical (unpaired) electrons. The Balaban J connectivity index is 1.33. The molecule has 6 heteroatoms. The van der Waals surface area contributed by atoms with E-state index in [9.17, 15) is 9.59 Å². The van der Waals surface area contributed by atoms with Crippen molar-refractivity contribution in [1.29, 1.82) is 0 Å². The highest BCUT2D eigenvalue weighted by Crippen LogP contribution is 2.31. The van der Waals surface area contributed by atoms with Crippen LogP contribution < -0.4 is 5.32 Å². The number of fused-ring (bicyclic) bond motifs is 1. The van der Waals surface area contributed by atoms with Crippen LogP contribution in [0, 0.1) is 0 Å². The molecular weight excluding hydrogens is 318 g/mol. The van der Waals surface area contributed by atoms with Crippen molar-refractivity contribution in [3.05, 3.63) is 59.6 Å². The SMILES string of the molecule is CN1C2=C(CC(=O)C=C2)OC1CCNC(=O)c1cc2ccccc2[nH]1. The Morgan fingerprint density at radius 1 is 1.36 bits per heavy atom. The van der Waals surface area contributed by atoms with Crippen LogP contribution in [0.2, 0.25) is 0 Å². The molecule has 1 aromatic carbocycles. The van der Waals surface area contributed by atoms with E-state index in [0.717, 1.165) is 22.4 Å². The number of likely N-dealkylation sites (N-methyl/N-ethyl adjacent to an activating group) is 1. The van der Waals surface area contributed by atoms with E-state index in [4.69, 9.17) is 4.74 Å². The summed E-state index contributed by atoms with van der Waals surface area (Å²) in [5.74, 6) is 0.645. The Kier molecular flexibility index (Phi) is 3.80. The van der Waals surface area contributed by atoms with Crippen molar-refractivity contribution in [2.75, 3.05) is 13.6 Å². The van der Waals surface area contributed by atoms with Gasteiger partial charge in [-0.3, -0.25) is 9.59 Å². The van der Waals surface area contributed by atoms with Gasteiger partial charge in [0.1, 0.15) is 11.5 Å². The summed E-state index contributed by atoms with van der Waals surface area (Å²) >= 11 is 0. The fraction of sp³-hybridized carbons (Fsp3) is 0.263. The van der Waals surface area contributed by atoms with Crippen molar-refractivity contribution in [2.24, 2.45) is 0 Å². The maximum atomic E-state index is 12.3. The molecule has 4 rings (SSSR count). The number of amides is 1. The summed E-state index contributed by atoms with van der Waals surface area (Å²) in [5, 5.41) is 3.93. The Morgan fingerprint density at radius 3 is 3.04 bits per heavy atom. The van der Waals surface area contributed by atoms with E-state index in [-0.39, 0.29) is 17.9 Å². The summed E-state index contributed by atoms with van der Waals surface area (Å²) in [7, 11) is 1.94.